The number of benzene rings is 3. The first-order chi connectivity index (χ1) is 18.5. The minimum Gasteiger partial charge on any atom is -0.454 e. The van der Waals surface area contributed by atoms with Crippen molar-refractivity contribution in [2.45, 2.75) is 31.2 Å². The Morgan fingerprint density at radius 2 is 1.84 bits per heavy atom. The summed E-state index contributed by atoms with van der Waals surface area (Å²) >= 11 is 7.48. The Morgan fingerprint density at radius 3 is 2.71 bits per heavy atom. The van der Waals surface area contributed by atoms with Crippen LogP contribution in [0, 0.1) is 0 Å². The highest BCUT2D eigenvalue weighted by atomic mass is 35.5. The van der Waals surface area contributed by atoms with E-state index in [1.807, 2.05) is 66.7 Å². The number of thioether (sulfide) groups is 1. The fourth-order valence-electron chi connectivity index (χ4n) is 4.42. The van der Waals surface area contributed by atoms with Crippen molar-refractivity contribution in [1.82, 2.24) is 10.2 Å². The Hall–Kier alpha value is -3.82. The molecule has 3 heterocycles. The highest BCUT2D eigenvalue weighted by Gasteiger charge is 2.41. The van der Waals surface area contributed by atoms with Crippen LogP contribution in [0.25, 0.3) is 0 Å². The van der Waals surface area contributed by atoms with E-state index in [9.17, 15) is 9.59 Å². The molecule has 1 unspecified atom stereocenters. The zero-order chi connectivity index (χ0) is 26.1. The van der Waals surface area contributed by atoms with Gasteiger partial charge < -0.3 is 14.8 Å². The third-order valence-corrected chi connectivity index (χ3v) is 7.66. The second-order valence-corrected chi connectivity index (χ2v) is 10.4. The van der Waals surface area contributed by atoms with Gasteiger partial charge in [-0.2, -0.15) is 0 Å². The number of nitrogens with zero attached hydrogens (tertiary/aromatic N) is 3. The number of fused-ring (bicyclic) bond motifs is 4. The van der Waals surface area contributed by atoms with Crippen molar-refractivity contribution in [2.75, 3.05) is 6.79 Å². The van der Waals surface area contributed by atoms with Crippen molar-refractivity contribution in [1.29, 1.82) is 0 Å². The highest BCUT2D eigenvalue weighted by molar-refractivity contribution is 8.13. The zero-order valence-corrected chi connectivity index (χ0v) is 21.8. The summed E-state index contributed by atoms with van der Waals surface area (Å²) in [7, 11) is 0. The molecule has 1 N–H and O–H groups in total. The average molecular weight is 547 g/mol. The van der Waals surface area contributed by atoms with Crippen LogP contribution in [0.2, 0.25) is 5.02 Å². The molecule has 8 nitrogen and oxygen atoms in total. The first-order valence-electron chi connectivity index (χ1n) is 12.2. The summed E-state index contributed by atoms with van der Waals surface area (Å²) in [6, 6.07) is 20.2. The van der Waals surface area contributed by atoms with Gasteiger partial charge in [0, 0.05) is 29.3 Å². The first kappa shape index (κ1) is 24.5. The van der Waals surface area contributed by atoms with E-state index in [0.29, 0.717) is 46.2 Å². The molecule has 10 heteroatoms. The van der Waals surface area contributed by atoms with Crippen molar-refractivity contribution in [3.8, 4) is 11.5 Å². The maximum Gasteiger partial charge on any atom is 0.259 e. The summed E-state index contributed by atoms with van der Waals surface area (Å²) in [5.74, 6) is 2.28. The van der Waals surface area contributed by atoms with E-state index < -0.39 is 6.04 Å². The molecule has 0 aromatic heterocycles. The molecule has 3 aliphatic rings. The molecule has 3 aromatic carbocycles. The molecule has 38 heavy (non-hydrogen) atoms. The summed E-state index contributed by atoms with van der Waals surface area (Å²) in [5.41, 5.74) is 3.57. The molecule has 1 atom stereocenters. The molecule has 6 rings (SSSR count). The minimum atomic E-state index is -0.645. The van der Waals surface area contributed by atoms with Crippen LogP contribution < -0.4 is 14.8 Å². The third kappa shape index (κ3) is 4.99. The van der Waals surface area contributed by atoms with Crippen molar-refractivity contribution in [3.63, 3.8) is 0 Å². The van der Waals surface area contributed by atoms with Crippen LogP contribution in [0.4, 0.5) is 5.69 Å². The van der Waals surface area contributed by atoms with Crippen molar-refractivity contribution < 1.29 is 19.1 Å². The number of amidine groups is 2. The van der Waals surface area contributed by atoms with E-state index >= 15 is 0 Å². The van der Waals surface area contributed by atoms with Gasteiger partial charge in [-0.3, -0.25) is 14.6 Å². The number of carbonyl (C=O) groups excluding carboxylic acids is 2. The third-order valence-electron chi connectivity index (χ3n) is 6.40. The van der Waals surface area contributed by atoms with Gasteiger partial charge in [0.15, 0.2) is 16.7 Å². The topological polar surface area (TPSA) is 92.6 Å². The van der Waals surface area contributed by atoms with Gasteiger partial charge in [0.25, 0.3) is 5.91 Å². The Balaban J connectivity index is 1.11. The summed E-state index contributed by atoms with van der Waals surface area (Å²) in [6.45, 7) is 0.566. The van der Waals surface area contributed by atoms with Crippen LogP contribution in [-0.4, -0.2) is 40.6 Å². The van der Waals surface area contributed by atoms with Gasteiger partial charge in [-0.25, -0.2) is 9.89 Å². The number of hydrogen-bond acceptors (Lipinski definition) is 7. The summed E-state index contributed by atoms with van der Waals surface area (Å²) in [5, 5.41) is 4.17. The number of nitrogens with one attached hydrogen (secondary N) is 1. The molecule has 0 spiro atoms. The summed E-state index contributed by atoms with van der Waals surface area (Å²) < 4.78 is 10.7. The largest absolute Gasteiger partial charge is 0.454 e. The molecule has 2 amide bonds. The molecule has 0 aliphatic carbocycles. The lowest BCUT2D eigenvalue weighted by atomic mass is 10.1. The maximum absolute atomic E-state index is 13.5. The average Bonchev–Trinajstić information content (AvgIpc) is 3.54. The van der Waals surface area contributed by atoms with Crippen LogP contribution in [0.15, 0.2) is 76.7 Å². The number of hydrogen-bond donors (Lipinski definition) is 1. The highest BCUT2D eigenvalue weighted by Crippen LogP contribution is 2.35. The van der Waals surface area contributed by atoms with Crippen molar-refractivity contribution in [3.05, 3.63) is 88.4 Å². The van der Waals surface area contributed by atoms with Gasteiger partial charge in [-0.1, -0.05) is 53.7 Å². The Bertz CT molecular complexity index is 1470. The molecule has 0 bridgehead atoms. The molecule has 192 valence electrons. The Morgan fingerprint density at radius 1 is 1.05 bits per heavy atom. The van der Waals surface area contributed by atoms with Crippen LogP contribution in [0.1, 0.15) is 29.5 Å². The molecule has 0 radical (unpaired) electrons. The van der Waals surface area contributed by atoms with Gasteiger partial charge in [0.05, 0.1) is 5.69 Å². The van der Waals surface area contributed by atoms with E-state index in [0.717, 1.165) is 22.4 Å². The van der Waals surface area contributed by atoms with Gasteiger partial charge in [0.2, 0.25) is 12.7 Å². The van der Waals surface area contributed by atoms with Gasteiger partial charge in [0.1, 0.15) is 11.9 Å². The predicted octanol–water partition coefficient (Wildman–Crippen LogP) is 5.06. The quantitative estimate of drug-likeness (QED) is 0.447. The number of aliphatic imine (C=N–C) groups is 2. The number of halogens is 1. The summed E-state index contributed by atoms with van der Waals surface area (Å²) in [6.07, 6.45) is 0.487. The van der Waals surface area contributed by atoms with E-state index in [-0.39, 0.29) is 25.0 Å². The molecule has 0 saturated carbocycles. The zero-order valence-electron chi connectivity index (χ0n) is 20.2. The molecular weight excluding hydrogens is 524 g/mol. The van der Waals surface area contributed by atoms with E-state index in [2.05, 4.69) is 5.32 Å². The lowest BCUT2D eigenvalue weighted by molar-refractivity contribution is -0.125. The second kappa shape index (κ2) is 10.5. The van der Waals surface area contributed by atoms with Gasteiger partial charge in [-0.15, -0.1) is 0 Å². The van der Waals surface area contributed by atoms with Crippen molar-refractivity contribution >= 4 is 51.9 Å². The van der Waals surface area contributed by atoms with E-state index in [1.165, 1.54) is 11.8 Å². The first-order valence-corrected chi connectivity index (χ1v) is 13.5. The van der Waals surface area contributed by atoms with Crippen LogP contribution in [-0.2, 0) is 21.9 Å². The normalized spacial score (nSPS) is 17.0. The second-order valence-electron chi connectivity index (χ2n) is 8.97. The van der Waals surface area contributed by atoms with Crippen LogP contribution in [0.3, 0.4) is 0 Å². The standard InChI is InChI=1S/C28H23ClN4O4S/c29-19-8-5-17(6-9-19)15-38-28-32-21-4-2-1-3-20(21)26-31-22(27(35)33(26)28)10-12-25(34)30-14-18-7-11-23-24(13-18)37-16-36-23/h1-9,11,13,22H,10,12,14-16H2,(H,30,34). The van der Waals surface area contributed by atoms with E-state index in [1.54, 1.807) is 4.90 Å². The minimum absolute atomic E-state index is 0.146. The summed E-state index contributed by atoms with van der Waals surface area (Å²) in [4.78, 5) is 37.2. The Kier molecular flexibility index (Phi) is 6.78. The molecule has 0 saturated heterocycles. The monoisotopic (exact) mass is 546 g/mol. The fourth-order valence-corrected chi connectivity index (χ4v) is 5.51. The fraction of sp³-hybridized carbons (Fsp3) is 0.214. The predicted molar refractivity (Wildman–Crippen MR) is 147 cm³/mol. The SMILES string of the molecule is O=C(CCC1N=C2c3ccccc3N=C(SCc3ccc(Cl)cc3)N2C1=O)NCc1ccc2c(c1)OCO2. The maximum atomic E-state index is 13.5. The lowest BCUT2D eigenvalue weighted by Crippen LogP contribution is -2.41. The molecule has 3 aromatic rings. The Labute approximate surface area is 228 Å². The lowest BCUT2D eigenvalue weighted by Gasteiger charge is -2.25. The number of para-hydroxylation sites is 1. The van der Waals surface area contributed by atoms with Crippen molar-refractivity contribution in [2.24, 2.45) is 9.98 Å². The van der Waals surface area contributed by atoms with Crippen LogP contribution >= 0.6 is 23.4 Å². The van der Waals surface area contributed by atoms with E-state index in [4.69, 9.17) is 31.1 Å². The smallest absolute Gasteiger partial charge is 0.259 e. The molecule has 0 fully saturated rings. The molecular formula is C28H23ClN4O4S. The number of amides is 2. The van der Waals surface area contributed by atoms with Gasteiger partial charge >= 0.3 is 0 Å². The molecule has 3 aliphatic heterocycles. The number of ether oxygens (including phenoxy) is 2. The number of rotatable bonds is 7. The van der Waals surface area contributed by atoms with Gasteiger partial charge in [-0.05, 0) is 53.9 Å². The number of carbonyl (C=O) groups is 2. The van der Waals surface area contributed by atoms with Crippen LogP contribution in [0.5, 0.6) is 11.5 Å².